The molecule has 0 aliphatic rings. The Kier molecular flexibility index (Phi) is 5.49. The minimum Gasteiger partial charge on any atom is -0.375 e. The van der Waals surface area contributed by atoms with Gasteiger partial charge in [-0.15, -0.1) is 0 Å². The highest BCUT2D eigenvalue weighted by molar-refractivity contribution is 4.63. The summed E-state index contributed by atoms with van der Waals surface area (Å²) in [5.74, 6) is 0. The van der Waals surface area contributed by atoms with Gasteiger partial charge in [-0.3, -0.25) is 4.39 Å². The van der Waals surface area contributed by atoms with E-state index in [0.717, 1.165) is 0 Å². The second-order valence-corrected chi connectivity index (χ2v) is 2.15. The van der Waals surface area contributed by atoms with Crippen LogP contribution in [0.3, 0.4) is 0 Å². The van der Waals surface area contributed by atoms with Gasteiger partial charge in [0, 0.05) is 13.0 Å². The monoisotopic (exact) mass is 152 g/mol. The summed E-state index contributed by atoms with van der Waals surface area (Å²) in [6.45, 7) is 3.08. The molecule has 0 saturated carbocycles. The molecular formula is C7H14F2O. The SMILES string of the molecule is CCOC(CCF)C(C)F. The van der Waals surface area contributed by atoms with E-state index in [0.29, 0.717) is 6.61 Å². The van der Waals surface area contributed by atoms with Crippen molar-refractivity contribution in [2.45, 2.75) is 32.5 Å². The van der Waals surface area contributed by atoms with Gasteiger partial charge < -0.3 is 4.74 Å². The molecule has 1 nitrogen and oxygen atoms in total. The summed E-state index contributed by atoms with van der Waals surface area (Å²) in [6, 6.07) is 0. The molecule has 0 heterocycles. The van der Waals surface area contributed by atoms with E-state index in [1.807, 2.05) is 0 Å². The Balaban J connectivity index is 3.50. The van der Waals surface area contributed by atoms with Gasteiger partial charge in [-0.1, -0.05) is 0 Å². The van der Waals surface area contributed by atoms with Gasteiger partial charge in [-0.2, -0.15) is 0 Å². The number of alkyl halides is 2. The molecular weight excluding hydrogens is 138 g/mol. The first-order chi connectivity index (χ1) is 4.72. The maximum absolute atomic E-state index is 12.4. The van der Waals surface area contributed by atoms with E-state index in [2.05, 4.69) is 0 Å². The molecule has 0 aromatic heterocycles. The van der Waals surface area contributed by atoms with E-state index in [4.69, 9.17) is 4.74 Å². The number of rotatable bonds is 5. The van der Waals surface area contributed by atoms with Gasteiger partial charge in [-0.25, -0.2) is 4.39 Å². The standard InChI is InChI=1S/C7H14F2O/c1-3-10-7(4-5-8)6(2)9/h6-7H,3-5H2,1-2H3. The molecule has 2 unspecified atom stereocenters. The molecule has 0 rings (SSSR count). The first-order valence-corrected chi connectivity index (χ1v) is 3.54. The average molecular weight is 152 g/mol. The Morgan fingerprint density at radius 2 is 2.10 bits per heavy atom. The van der Waals surface area contributed by atoms with Crippen molar-refractivity contribution in [1.82, 2.24) is 0 Å². The van der Waals surface area contributed by atoms with Gasteiger partial charge in [0.15, 0.2) is 0 Å². The molecule has 0 fully saturated rings. The topological polar surface area (TPSA) is 9.23 Å². The third-order valence-electron chi connectivity index (χ3n) is 1.29. The minimum atomic E-state index is -1.07. The van der Waals surface area contributed by atoms with Crippen LogP contribution in [0.1, 0.15) is 20.3 Å². The van der Waals surface area contributed by atoms with Crippen LogP contribution >= 0.6 is 0 Å². The fraction of sp³-hybridized carbons (Fsp3) is 1.00. The summed E-state index contributed by atoms with van der Waals surface area (Å²) in [5.41, 5.74) is 0. The minimum absolute atomic E-state index is 0.158. The molecule has 0 bridgehead atoms. The molecule has 10 heavy (non-hydrogen) atoms. The zero-order valence-electron chi connectivity index (χ0n) is 6.44. The van der Waals surface area contributed by atoms with Gasteiger partial charge in [0.25, 0.3) is 0 Å². The largest absolute Gasteiger partial charge is 0.375 e. The predicted molar refractivity (Wildman–Crippen MR) is 36.6 cm³/mol. The van der Waals surface area contributed by atoms with Crippen molar-refractivity contribution >= 4 is 0 Å². The second-order valence-electron chi connectivity index (χ2n) is 2.15. The molecule has 0 saturated heterocycles. The van der Waals surface area contributed by atoms with Crippen LogP contribution in [-0.2, 0) is 4.74 Å². The summed E-state index contributed by atoms with van der Waals surface area (Å²) in [5, 5.41) is 0. The highest BCUT2D eigenvalue weighted by Crippen LogP contribution is 2.07. The van der Waals surface area contributed by atoms with Crippen LogP contribution in [0.4, 0.5) is 8.78 Å². The molecule has 2 atom stereocenters. The Morgan fingerprint density at radius 3 is 2.40 bits per heavy atom. The van der Waals surface area contributed by atoms with Crippen molar-refractivity contribution in [2.75, 3.05) is 13.3 Å². The van der Waals surface area contributed by atoms with Gasteiger partial charge in [-0.05, 0) is 13.8 Å². The summed E-state index contributed by atoms with van der Waals surface area (Å²) < 4.78 is 29.1. The summed E-state index contributed by atoms with van der Waals surface area (Å²) in [6.07, 6.45) is -1.48. The summed E-state index contributed by atoms with van der Waals surface area (Å²) >= 11 is 0. The smallest absolute Gasteiger partial charge is 0.123 e. The highest BCUT2D eigenvalue weighted by Gasteiger charge is 2.15. The van der Waals surface area contributed by atoms with Gasteiger partial charge in [0.2, 0.25) is 0 Å². The number of hydrogen-bond acceptors (Lipinski definition) is 1. The normalized spacial score (nSPS) is 16.8. The third kappa shape index (κ3) is 3.77. The molecule has 0 aliphatic heterocycles. The maximum atomic E-state index is 12.4. The zero-order chi connectivity index (χ0) is 7.98. The molecule has 0 aromatic rings. The van der Waals surface area contributed by atoms with Crippen LogP contribution < -0.4 is 0 Å². The van der Waals surface area contributed by atoms with E-state index in [1.54, 1.807) is 6.92 Å². The summed E-state index contributed by atoms with van der Waals surface area (Å²) in [4.78, 5) is 0. The van der Waals surface area contributed by atoms with E-state index >= 15 is 0 Å². The molecule has 0 aromatic carbocycles. The highest BCUT2D eigenvalue weighted by atomic mass is 19.1. The van der Waals surface area contributed by atoms with Crippen LogP contribution in [-0.4, -0.2) is 25.6 Å². The lowest BCUT2D eigenvalue weighted by molar-refractivity contribution is 0.00217. The fourth-order valence-electron chi connectivity index (χ4n) is 0.767. The molecule has 0 radical (unpaired) electrons. The van der Waals surface area contributed by atoms with Crippen molar-refractivity contribution in [3.8, 4) is 0 Å². The number of ether oxygens (including phenoxy) is 1. The molecule has 3 heteroatoms. The predicted octanol–water partition coefficient (Wildman–Crippen LogP) is 2.11. The van der Waals surface area contributed by atoms with Crippen LogP contribution in [0.5, 0.6) is 0 Å². The van der Waals surface area contributed by atoms with Gasteiger partial charge in [0.05, 0.1) is 12.8 Å². The van der Waals surface area contributed by atoms with Crippen molar-refractivity contribution in [3.63, 3.8) is 0 Å². The lowest BCUT2D eigenvalue weighted by Gasteiger charge is -2.15. The first kappa shape index (κ1) is 9.82. The lowest BCUT2D eigenvalue weighted by atomic mass is 10.2. The Hall–Kier alpha value is -0.180. The van der Waals surface area contributed by atoms with E-state index in [9.17, 15) is 8.78 Å². The van der Waals surface area contributed by atoms with Gasteiger partial charge >= 0.3 is 0 Å². The van der Waals surface area contributed by atoms with E-state index < -0.39 is 19.0 Å². The molecule has 0 spiro atoms. The van der Waals surface area contributed by atoms with Crippen LogP contribution in [0, 0.1) is 0 Å². The van der Waals surface area contributed by atoms with Crippen molar-refractivity contribution < 1.29 is 13.5 Å². The molecule has 62 valence electrons. The van der Waals surface area contributed by atoms with Crippen LogP contribution in [0.2, 0.25) is 0 Å². The molecule has 0 amide bonds. The Labute approximate surface area is 60.4 Å². The van der Waals surface area contributed by atoms with Crippen LogP contribution in [0.25, 0.3) is 0 Å². The Morgan fingerprint density at radius 1 is 1.50 bits per heavy atom. The third-order valence-corrected chi connectivity index (χ3v) is 1.29. The number of halogens is 2. The van der Waals surface area contributed by atoms with Crippen LogP contribution in [0.15, 0.2) is 0 Å². The zero-order valence-corrected chi connectivity index (χ0v) is 6.44. The van der Waals surface area contributed by atoms with Crippen molar-refractivity contribution in [2.24, 2.45) is 0 Å². The Bertz CT molecular complexity index is 70.0. The molecule has 0 aliphatic carbocycles. The maximum Gasteiger partial charge on any atom is 0.123 e. The van der Waals surface area contributed by atoms with Crippen molar-refractivity contribution in [3.05, 3.63) is 0 Å². The summed E-state index contributed by atoms with van der Waals surface area (Å²) in [7, 11) is 0. The fourth-order valence-corrected chi connectivity index (χ4v) is 0.767. The van der Waals surface area contributed by atoms with Gasteiger partial charge in [0.1, 0.15) is 6.17 Å². The van der Waals surface area contributed by atoms with Crippen molar-refractivity contribution in [1.29, 1.82) is 0 Å². The quantitative estimate of drug-likeness (QED) is 0.586. The van der Waals surface area contributed by atoms with E-state index in [1.165, 1.54) is 6.92 Å². The first-order valence-electron chi connectivity index (χ1n) is 3.54. The molecule has 0 N–H and O–H groups in total. The number of hydrogen-bond donors (Lipinski definition) is 0. The second kappa shape index (κ2) is 5.59. The van der Waals surface area contributed by atoms with E-state index in [-0.39, 0.29) is 6.42 Å². The average Bonchev–Trinajstić information content (AvgIpc) is 1.87. The lowest BCUT2D eigenvalue weighted by Crippen LogP contribution is -2.23.